The molecule has 0 aliphatic rings. The summed E-state index contributed by atoms with van der Waals surface area (Å²) in [5.74, 6) is 0. The lowest BCUT2D eigenvalue weighted by Crippen LogP contribution is -2.18. The van der Waals surface area contributed by atoms with Crippen molar-refractivity contribution in [1.82, 2.24) is 4.90 Å². The molecule has 0 saturated carbocycles. The van der Waals surface area contributed by atoms with E-state index in [2.05, 4.69) is 11.6 Å². The molecule has 0 rings (SSSR count). The van der Waals surface area contributed by atoms with E-state index >= 15 is 0 Å². The van der Waals surface area contributed by atoms with Crippen molar-refractivity contribution in [3.8, 4) is 0 Å². The first-order chi connectivity index (χ1) is 5.60. The van der Waals surface area contributed by atoms with Crippen LogP contribution in [-0.2, 0) is 4.79 Å². The van der Waals surface area contributed by atoms with E-state index in [1.165, 1.54) is 4.90 Å². The zero-order valence-electron chi connectivity index (χ0n) is 8.00. The summed E-state index contributed by atoms with van der Waals surface area (Å²) < 4.78 is 0. The van der Waals surface area contributed by atoms with Crippen LogP contribution in [-0.4, -0.2) is 30.6 Å². The lowest BCUT2D eigenvalue weighted by atomic mass is 10.3. The Morgan fingerprint density at radius 2 is 2.25 bits per heavy atom. The molecule has 68 valence electrons. The largest absolute Gasteiger partial charge is 0.342 e. The third kappa shape index (κ3) is 4.66. The second-order valence-corrected chi connectivity index (χ2v) is 2.79. The highest BCUT2D eigenvalue weighted by Crippen LogP contribution is 1.97. The van der Waals surface area contributed by atoms with E-state index in [0.29, 0.717) is 6.54 Å². The highest BCUT2D eigenvalue weighted by Gasteiger charge is 1.96. The van der Waals surface area contributed by atoms with Crippen molar-refractivity contribution in [3.05, 3.63) is 12.3 Å². The number of aliphatic imine (C=N–C) groups is 1. The number of amides is 1. The normalized spacial score (nSPS) is 11.1. The molecule has 0 aliphatic carbocycles. The van der Waals surface area contributed by atoms with Gasteiger partial charge < -0.3 is 4.90 Å². The lowest BCUT2D eigenvalue weighted by Gasteiger charge is -2.09. The van der Waals surface area contributed by atoms with Crippen LogP contribution < -0.4 is 0 Å². The summed E-state index contributed by atoms with van der Waals surface area (Å²) in [5, 5.41) is 0. The maximum absolute atomic E-state index is 10.2. The molecule has 0 spiro atoms. The molecular weight excluding hydrogens is 152 g/mol. The second kappa shape index (κ2) is 5.52. The maximum atomic E-state index is 10.2. The van der Waals surface area contributed by atoms with Gasteiger partial charge in [0.2, 0.25) is 6.41 Å². The highest BCUT2D eigenvalue weighted by atomic mass is 16.1. The fourth-order valence-electron chi connectivity index (χ4n) is 0.709. The van der Waals surface area contributed by atoms with Crippen molar-refractivity contribution in [3.63, 3.8) is 0 Å². The first-order valence-corrected chi connectivity index (χ1v) is 3.97. The predicted octanol–water partition coefficient (Wildman–Crippen LogP) is 1.46. The first-order valence-electron chi connectivity index (χ1n) is 3.97. The van der Waals surface area contributed by atoms with Gasteiger partial charge in [0.05, 0.1) is 12.2 Å². The van der Waals surface area contributed by atoms with Gasteiger partial charge in [0.25, 0.3) is 0 Å². The number of hydrogen-bond acceptors (Lipinski definition) is 2. The van der Waals surface area contributed by atoms with Crippen LogP contribution in [0.4, 0.5) is 0 Å². The Bertz CT molecular complexity index is 197. The molecule has 0 radical (unpaired) electrons. The number of carbonyl (C=O) groups excluding carboxylic acids is 1. The molecule has 3 heteroatoms. The topological polar surface area (TPSA) is 32.7 Å². The summed E-state index contributed by atoms with van der Waals surface area (Å²) in [4.78, 5) is 15.9. The van der Waals surface area contributed by atoms with E-state index < -0.39 is 0 Å². The van der Waals surface area contributed by atoms with Crippen LogP contribution in [0.2, 0.25) is 0 Å². The zero-order chi connectivity index (χ0) is 9.56. The average molecular weight is 168 g/mol. The quantitative estimate of drug-likeness (QED) is 0.452. The van der Waals surface area contributed by atoms with Crippen molar-refractivity contribution in [2.45, 2.75) is 20.3 Å². The van der Waals surface area contributed by atoms with E-state index in [0.717, 1.165) is 24.2 Å². The van der Waals surface area contributed by atoms with Gasteiger partial charge in [-0.25, -0.2) is 0 Å². The molecule has 0 bridgehead atoms. The van der Waals surface area contributed by atoms with Gasteiger partial charge in [-0.2, -0.15) is 0 Å². The number of nitrogens with zero attached hydrogens (tertiary/aromatic N) is 2. The van der Waals surface area contributed by atoms with Gasteiger partial charge in [-0.05, 0) is 13.3 Å². The maximum Gasteiger partial charge on any atom is 0.209 e. The third-order valence-electron chi connectivity index (χ3n) is 1.47. The number of likely N-dealkylation sites (N-methyl/N-ethyl adjacent to an activating group) is 1. The molecule has 0 aromatic rings. The Morgan fingerprint density at radius 3 is 2.67 bits per heavy atom. The van der Waals surface area contributed by atoms with Gasteiger partial charge in [0, 0.05) is 12.8 Å². The molecule has 0 N–H and O–H groups in total. The summed E-state index contributed by atoms with van der Waals surface area (Å²) >= 11 is 0. The summed E-state index contributed by atoms with van der Waals surface area (Å²) in [6.07, 6.45) is 1.69. The van der Waals surface area contributed by atoms with Crippen molar-refractivity contribution in [1.29, 1.82) is 0 Å². The minimum Gasteiger partial charge on any atom is -0.342 e. The number of rotatable bonds is 5. The van der Waals surface area contributed by atoms with Crippen LogP contribution in [0.5, 0.6) is 0 Å². The molecule has 1 amide bonds. The van der Waals surface area contributed by atoms with Gasteiger partial charge in [0.1, 0.15) is 0 Å². The van der Waals surface area contributed by atoms with Crippen LogP contribution in [0.15, 0.2) is 17.3 Å². The van der Waals surface area contributed by atoms with Crippen molar-refractivity contribution in [2.75, 3.05) is 13.6 Å². The summed E-state index contributed by atoms with van der Waals surface area (Å²) in [7, 11) is 1.70. The molecule has 0 saturated heterocycles. The molecule has 0 heterocycles. The fourth-order valence-corrected chi connectivity index (χ4v) is 0.709. The third-order valence-corrected chi connectivity index (χ3v) is 1.47. The Labute approximate surface area is 73.8 Å². The summed E-state index contributed by atoms with van der Waals surface area (Å²) in [6, 6.07) is 0. The zero-order valence-corrected chi connectivity index (χ0v) is 8.00. The Balaban J connectivity index is 3.97. The summed E-state index contributed by atoms with van der Waals surface area (Å²) in [6.45, 7) is 8.23. The van der Waals surface area contributed by atoms with Crippen LogP contribution in [0.1, 0.15) is 20.3 Å². The van der Waals surface area contributed by atoms with Crippen molar-refractivity contribution < 1.29 is 4.79 Å². The van der Waals surface area contributed by atoms with Crippen LogP contribution in [0, 0.1) is 0 Å². The van der Waals surface area contributed by atoms with Gasteiger partial charge in [-0.15, -0.1) is 0 Å². The van der Waals surface area contributed by atoms with E-state index in [-0.39, 0.29) is 0 Å². The Kier molecular flexibility index (Phi) is 5.00. The molecule has 12 heavy (non-hydrogen) atoms. The number of carbonyl (C=O) groups is 1. The van der Waals surface area contributed by atoms with E-state index in [4.69, 9.17) is 0 Å². The van der Waals surface area contributed by atoms with Crippen LogP contribution in [0.25, 0.3) is 0 Å². The van der Waals surface area contributed by atoms with E-state index in [1.807, 2.05) is 13.8 Å². The Hall–Kier alpha value is -1.12. The van der Waals surface area contributed by atoms with Gasteiger partial charge >= 0.3 is 0 Å². The Morgan fingerprint density at radius 1 is 1.67 bits per heavy atom. The fraction of sp³-hybridized carbons (Fsp3) is 0.556. The molecule has 0 aliphatic heterocycles. The highest BCUT2D eigenvalue weighted by molar-refractivity contribution is 5.82. The smallest absolute Gasteiger partial charge is 0.209 e. The molecule has 0 aromatic heterocycles. The SMILES string of the molecule is C=C(CN(C)C=O)N=C(C)CC. The molecule has 3 nitrogen and oxygen atoms in total. The molecule has 0 fully saturated rings. The molecule has 0 unspecified atom stereocenters. The van der Waals surface area contributed by atoms with Crippen molar-refractivity contribution in [2.24, 2.45) is 4.99 Å². The minimum atomic E-state index is 0.501. The molecule has 0 aromatic carbocycles. The molecule has 0 atom stereocenters. The minimum absolute atomic E-state index is 0.501. The van der Waals surface area contributed by atoms with E-state index in [9.17, 15) is 4.79 Å². The van der Waals surface area contributed by atoms with E-state index in [1.54, 1.807) is 7.05 Å². The lowest BCUT2D eigenvalue weighted by molar-refractivity contribution is -0.116. The summed E-state index contributed by atoms with van der Waals surface area (Å²) in [5.41, 5.74) is 1.77. The monoisotopic (exact) mass is 168 g/mol. The van der Waals surface area contributed by atoms with Crippen molar-refractivity contribution >= 4 is 12.1 Å². The molecular formula is C9H16N2O. The predicted molar refractivity (Wildman–Crippen MR) is 51.2 cm³/mol. The number of hydrogen-bond donors (Lipinski definition) is 0. The second-order valence-electron chi connectivity index (χ2n) is 2.79. The standard InChI is InChI=1S/C9H16N2O/c1-5-8(2)10-9(3)6-11(4)7-12/h7H,3,5-6H2,1-2,4H3. The van der Waals surface area contributed by atoms with Gasteiger partial charge in [-0.1, -0.05) is 13.5 Å². The van der Waals surface area contributed by atoms with Crippen LogP contribution >= 0.6 is 0 Å². The van der Waals surface area contributed by atoms with Gasteiger partial charge in [-0.3, -0.25) is 9.79 Å². The van der Waals surface area contributed by atoms with Crippen LogP contribution in [0.3, 0.4) is 0 Å². The van der Waals surface area contributed by atoms with Gasteiger partial charge in [0.15, 0.2) is 0 Å². The average Bonchev–Trinajstić information content (AvgIpc) is 2.03. The first kappa shape index (κ1) is 10.9.